The van der Waals surface area contributed by atoms with Crippen LogP contribution in [0.4, 0.5) is 5.69 Å². The van der Waals surface area contributed by atoms with E-state index >= 15 is 0 Å². The molecule has 2 fully saturated rings. The summed E-state index contributed by atoms with van der Waals surface area (Å²) < 4.78 is 0. The van der Waals surface area contributed by atoms with E-state index in [9.17, 15) is 9.59 Å². The second kappa shape index (κ2) is 6.96. The molecule has 0 aromatic heterocycles. The Hall–Kier alpha value is -1.84. The fourth-order valence-electron chi connectivity index (χ4n) is 4.10. The van der Waals surface area contributed by atoms with Crippen LogP contribution in [-0.2, 0) is 9.59 Å². The van der Waals surface area contributed by atoms with Crippen molar-refractivity contribution in [1.82, 2.24) is 4.90 Å². The maximum Gasteiger partial charge on any atom is 0.228 e. The van der Waals surface area contributed by atoms with Gasteiger partial charge in [0, 0.05) is 30.7 Å². The Labute approximate surface area is 144 Å². The van der Waals surface area contributed by atoms with E-state index < -0.39 is 0 Å². The van der Waals surface area contributed by atoms with Gasteiger partial charge >= 0.3 is 0 Å². The average Bonchev–Trinajstić information content (AvgIpc) is 3.18. The van der Waals surface area contributed by atoms with Crippen LogP contribution < -0.4 is 4.90 Å². The van der Waals surface area contributed by atoms with Crippen LogP contribution in [0.3, 0.4) is 0 Å². The Morgan fingerprint density at radius 3 is 2.38 bits per heavy atom. The van der Waals surface area contributed by atoms with Crippen molar-refractivity contribution in [1.29, 1.82) is 0 Å². The summed E-state index contributed by atoms with van der Waals surface area (Å²) in [4.78, 5) is 29.4. The standard InChI is InChI=1S/C20H28N2O2/c1-14(2)22(18-6-4-5-7-18)20(24)16-12-19(23)21(13-16)17-10-8-15(3)9-11-17/h8-11,14,16,18H,4-7,12-13H2,1-3H3. The Bertz CT molecular complexity index is 603. The topological polar surface area (TPSA) is 40.6 Å². The molecule has 0 spiro atoms. The zero-order chi connectivity index (χ0) is 17.3. The molecule has 1 aliphatic carbocycles. The Balaban J connectivity index is 1.74. The summed E-state index contributed by atoms with van der Waals surface area (Å²) >= 11 is 0. The molecule has 2 aliphatic rings. The molecule has 0 bridgehead atoms. The van der Waals surface area contributed by atoms with Gasteiger partial charge in [-0.15, -0.1) is 0 Å². The third-order valence-corrected chi connectivity index (χ3v) is 5.35. The van der Waals surface area contributed by atoms with E-state index in [-0.39, 0.29) is 23.8 Å². The first-order valence-electron chi connectivity index (χ1n) is 9.16. The normalized spacial score (nSPS) is 21.8. The van der Waals surface area contributed by atoms with Crippen molar-refractivity contribution in [3.63, 3.8) is 0 Å². The number of hydrogen-bond donors (Lipinski definition) is 0. The summed E-state index contributed by atoms with van der Waals surface area (Å²) in [5, 5.41) is 0. The number of rotatable bonds is 4. The Morgan fingerprint density at radius 2 is 1.79 bits per heavy atom. The molecule has 1 aromatic rings. The van der Waals surface area contributed by atoms with Gasteiger partial charge in [-0.3, -0.25) is 9.59 Å². The molecular weight excluding hydrogens is 300 g/mol. The lowest BCUT2D eigenvalue weighted by molar-refractivity contribution is -0.140. The van der Waals surface area contributed by atoms with Crippen molar-refractivity contribution in [2.75, 3.05) is 11.4 Å². The predicted octanol–water partition coefficient (Wildman–Crippen LogP) is 3.53. The molecule has 1 unspecified atom stereocenters. The molecule has 0 radical (unpaired) electrons. The van der Waals surface area contributed by atoms with Crippen LogP contribution >= 0.6 is 0 Å². The number of amides is 2. The molecule has 1 atom stereocenters. The maximum atomic E-state index is 13.1. The molecule has 1 saturated carbocycles. The number of carbonyl (C=O) groups excluding carboxylic acids is 2. The lowest BCUT2D eigenvalue weighted by Gasteiger charge is -2.34. The van der Waals surface area contributed by atoms with Gasteiger partial charge < -0.3 is 9.80 Å². The average molecular weight is 328 g/mol. The van der Waals surface area contributed by atoms with E-state index in [1.807, 2.05) is 31.2 Å². The smallest absolute Gasteiger partial charge is 0.228 e. The zero-order valence-electron chi connectivity index (χ0n) is 15.0. The minimum Gasteiger partial charge on any atom is -0.337 e. The molecule has 1 heterocycles. The van der Waals surface area contributed by atoms with Crippen LogP contribution in [0.1, 0.15) is 51.5 Å². The highest BCUT2D eigenvalue weighted by Crippen LogP contribution is 2.31. The van der Waals surface area contributed by atoms with Crippen molar-refractivity contribution in [3.05, 3.63) is 29.8 Å². The third-order valence-electron chi connectivity index (χ3n) is 5.35. The minimum absolute atomic E-state index is 0.0623. The summed E-state index contributed by atoms with van der Waals surface area (Å²) in [6.45, 7) is 6.72. The van der Waals surface area contributed by atoms with Crippen LogP contribution in [0.15, 0.2) is 24.3 Å². The fraction of sp³-hybridized carbons (Fsp3) is 0.600. The number of aryl methyl sites for hydroxylation is 1. The number of nitrogens with zero attached hydrogens (tertiary/aromatic N) is 2. The molecule has 1 saturated heterocycles. The molecule has 4 heteroatoms. The first-order chi connectivity index (χ1) is 11.5. The van der Waals surface area contributed by atoms with Crippen molar-refractivity contribution < 1.29 is 9.59 Å². The molecule has 1 aliphatic heterocycles. The van der Waals surface area contributed by atoms with Crippen LogP contribution in [0, 0.1) is 12.8 Å². The summed E-state index contributed by atoms with van der Waals surface area (Å²) in [6.07, 6.45) is 4.96. The van der Waals surface area contributed by atoms with Gasteiger partial charge in [0.15, 0.2) is 0 Å². The fourth-order valence-corrected chi connectivity index (χ4v) is 4.10. The highest BCUT2D eigenvalue weighted by molar-refractivity contribution is 6.00. The van der Waals surface area contributed by atoms with Crippen molar-refractivity contribution in [2.24, 2.45) is 5.92 Å². The van der Waals surface area contributed by atoms with E-state index in [1.165, 1.54) is 18.4 Å². The van der Waals surface area contributed by atoms with Gasteiger partial charge in [-0.05, 0) is 45.7 Å². The van der Waals surface area contributed by atoms with Gasteiger partial charge in [0.25, 0.3) is 0 Å². The first-order valence-corrected chi connectivity index (χ1v) is 9.16. The number of carbonyl (C=O) groups is 2. The van der Waals surface area contributed by atoms with Gasteiger partial charge in [0.2, 0.25) is 11.8 Å². The van der Waals surface area contributed by atoms with Gasteiger partial charge in [0.05, 0.1) is 5.92 Å². The second-order valence-corrected chi connectivity index (χ2v) is 7.52. The first kappa shape index (κ1) is 17.0. The van der Waals surface area contributed by atoms with Gasteiger partial charge in [-0.1, -0.05) is 30.5 Å². The minimum atomic E-state index is -0.207. The third kappa shape index (κ3) is 3.33. The highest BCUT2D eigenvalue weighted by Gasteiger charge is 2.40. The Kier molecular flexibility index (Phi) is 4.93. The van der Waals surface area contributed by atoms with E-state index in [1.54, 1.807) is 4.90 Å². The summed E-state index contributed by atoms with van der Waals surface area (Å²) in [5.74, 6) is 0.0222. The largest absolute Gasteiger partial charge is 0.337 e. The summed E-state index contributed by atoms with van der Waals surface area (Å²) in [5.41, 5.74) is 2.07. The quantitative estimate of drug-likeness (QED) is 0.848. The predicted molar refractivity (Wildman–Crippen MR) is 95.9 cm³/mol. The molecule has 24 heavy (non-hydrogen) atoms. The number of anilines is 1. The molecule has 0 N–H and O–H groups in total. The van der Waals surface area contributed by atoms with Gasteiger partial charge in [0.1, 0.15) is 0 Å². The highest BCUT2D eigenvalue weighted by atomic mass is 16.2. The Morgan fingerprint density at radius 1 is 1.17 bits per heavy atom. The number of benzene rings is 1. The maximum absolute atomic E-state index is 13.1. The van der Waals surface area contributed by atoms with Crippen molar-refractivity contribution >= 4 is 17.5 Å². The molecule has 1 aromatic carbocycles. The number of hydrogen-bond acceptors (Lipinski definition) is 2. The zero-order valence-corrected chi connectivity index (χ0v) is 15.0. The van der Waals surface area contributed by atoms with E-state index in [2.05, 4.69) is 18.7 Å². The molecule has 4 nitrogen and oxygen atoms in total. The monoisotopic (exact) mass is 328 g/mol. The van der Waals surface area contributed by atoms with E-state index in [0.717, 1.165) is 18.5 Å². The van der Waals surface area contributed by atoms with Crippen molar-refractivity contribution in [3.8, 4) is 0 Å². The van der Waals surface area contributed by atoms with Crippen molar-refractivity contribution in [2.45, 2.75) is 65.0 Å². The molecule has 3 rings (SSSR count). The molecular formula is C20H28N2O2. The van der Waals surface area contributed by atoms with E-state index in [4.69, 9.17) is 0 Å². The van der Waals surface area contributed by atoms with Gasteiger partial charge in [-0.25, -0.2) is 0 Å². The van der Waals surface area contributed by atoms with Crippen LogP contribution in [0.25, 0.3) is 0 Å². The van der Waals surface area contributed by atoms with Crippen LogP contribution in [0.2, 0.25) is 0 Å². The van der Waals surface area contributed by atoms with E-state index in [0.29, 0.717) is 19.0 Å². The molecule has 2 amide bonds. The molecule has 130 valence electrons. The SMILES string of the molecule is Cc1ccc(N2CC(C(=O)N(C(C)C)C3CCCC3)CC2=O)cc1. The summed E-state index contributed by atoms with van der Waals surface area (Å²) in [7, 11) is 0. The lowest BCUT2D eigenvalue weighted by Crippen LogP contribution is -2.47. The van der Waals surface area contributed by atoms with Crippen LogP contribution in [-0.4, -0.2) is 35.3 Å². The lowest BCUT2D eigenvalue weighted by atomic mass is 10.0. The second-order valence-electron chi connectivity index (χ2n) is 7.52. The van der Waals surface area contributed by atoms with Crippen LogP contribution in [0.5, 0.6) is 0 Å². The van der Waals surface area contributed by atoms with Gasteiger partial charge in [-0.2, -0.15) is 0 Å². The summed E-state index contributed by atoms with van der Waals surface area (Å²) in [6, 6.07) is 8.52.